The molecule has 0 radical (unpaired) electrons. The van der Waals surface area contributed by atoms with E-state index in [4.69, 9.17) is 0 Å². The molecule has 0 aromatic carbocycles. The molecule has 1 fully saturated rings. The summed E-state index contributed by atoms with van der Waals surface area (Å²) in [5, 5.41) is 8.14. The number of thiophene rings is 1. The monoisotopic (exact) mass is 246 g/mol. The number of halogens is 1. The number of nitrogens with one attached hydrogen (secondary N) is 2. The van der Waals surface area contributed by atoms with Crippen LogP contribution in [0.1, 0.15) is 17.7 Å². The summed E-state index contributed by atoms with van der Waals surface area (Å²) in [6.07, 6.45) is 2.08. The molecular formula is C10H15ClN2OS. The van der Waals surface area contributed by atoms with E-state index >= 15 is 0 Å². The average Bonchev–Trinajstić information content (AvgIpc) is 2.87. The maximum absolute atomic E-state index is 11.6. The summed E-state index contributed by atoms with van der Waals surface area (Å²) in [7, 11) is 0. The van der Waals surface area contributed by atoms with Gasteiger partial charge in [-0.2, -0.15) is 0 Å². The molecule has 1 aliphatic rings. The van der Waals surface area contributed by atoms with E-state index in [-0.39, 0.29) is 24.4 Å². The molecule has 2 rings (SSSR count). The summed E-state index contributed by atoms with van der Waals surface area (Å²) in [5.74, 6) is 0.135. The molecule has 0 aliphatic carbocycles. The van der Waals surface area contributed by atoms with Crippen LogP contribution in [-0.4, -0.2) is 18.5 Å². The first-order valence-electron chi connectivity index (χ1n) is 4.90. The van der Waals surface area contributed by atoms with Crippen LogP contribution in [0, 0.1) is 0 Å². The molecule has 84 valence electrons. The molecule has 1 aliphatic heterocycles. The molecule has 15 heavy (non-hydrogen) atoms. The fourth-order valence-electron chi connectivity index (χ4n) is 1.62. The number of hydrogen-bond acceptors (Lipinski definition) is 3. The van der Waals surface area contributed by atoms with Crippen LogP contribution in [0.4, 0.5) is 0 Å². The van der Waals surface area contributed by atoms with Crippen molar-refractivity contribution in [3.8, 4) is 0 Å². The van der Waals surface area contributed by atoms with Crippen molar-refractivity contribution in [2.24, 2.45) is 0 Å². The van der Waals surface area contributed by atoms with Crippen LogP contribution in [0.2, 0.25) is 0 Å². The van der Waals surface area contributed by atoms with Crippen molar-refractivity contribution >= 4 is 29.7 Å². The lowest BCUT2D eigenvalue weighted by Gasteiger charge is -2.09. The molecule has 2 heterocycles. The minimum atomic E-state index is 0. The van der Waals surface area contributed by atoms with Gasteiger partial charge in [-0.1, -0.05) is 6.07 Å². The average molecular weight is 247 g/mol. The molecule has 0 saturated carbocycles. The molecule has 3 nitrogen and oxygen atoms in total. The fraction of sp³-hybridized carbons (Fsp3) is 0.500. The molecule has 1 aromatic rings. The predicted octanol–water partition coefficient (Wildman–Crippen LogP) is 1.54. The van der Waals surface area contributed by atoms with Crippen LogP contribution in [0.25, 0.3) is 0 Å². The van der Waals surface area contributed by atoms with Crippen LogP contribution >= 0.6 is 23.7 Å². The van der Waals surface area contributed by atoms with Crippen molar-refractivity contribution < 1.29 is 4.79 Å². The van der Waals surface area contributed by atoms with E-state index in [1.54, 1.807) is 11.3 Å². The maximum Gasteiger partial charge on any atom is 0.237 e. The van der Waals surface area contributed by atoms with E-state index in [0.717, 1.165) is 19.4 Å². The second-order valence-electron chi connectivity index (χ2n) is 3.45. The van der Waals surface area contributed by atoms with Crippen molar-refractivity contribution in [2.75, 3.05) is 6.54 Å². The van der Waals surface area contributed by atoms with Gasteiger partial charge >= 0.3 is 0 Å². The summed E-state index contributed by atoms with van der Waals surface area (Å²) in [5.41, 5.74) is 0. The molecule has 1 amide bonds. The Labute approximate surface area is 99.7 Å². The van der Waals surface area contributed by atoms with Crippen LogP contribution in [0.5, 0.6) is 0 Å². The summed E-state index contributed by atoms with van der Waals surface area (Å²) in [6.45, 7) is 1.63. The third-order valence-electron chi connectivity index (χ3n) is 2.39. The first kappa shape index (κ1) is 12.5. The number of rotatable bonds is 3. The lowest BCUT2D eigenvalue weighted by atomic mass is 10.2. The van der Waals surface area contributed by atoms with Crippen molar-refractivity contribution in [1.29, 1.82) is 0 Å². The third kappa shape index (κ3) is 3.48. The van der Waals surface area contributed by atoms with Gasteiger partial charge in [0.05, 0.1) is 12.6 Å². The normalized spacial score (nSPS) is 19.6. The van der Waals surface area contributed by atoms with Gasteiger partial charge in [0.1, 0.15) is 0 Å². The molecule has 1 unspecified atom stereocenters. The maximum atomic E-state index is 11.6. The molecule has 1 aromatic heterocycles. The fourth-order valence-corrected chi connectivity index (χ4v) is 2.26. The number of carbonyl (C=O) groups excluding carboxylic acids is 1. The predicted molar refractivity (Wildman–Crippen MR) is 64.4 cm³/mol. The van der Waals surface area contributed by atoms with Gasteiger partial charge in [-0.3, -0.25) is 4.79 Å². The molecule has 0 bridgehead atoms. The highest BCUT2D eigenvalue weighted by atomic mass is 35.5. The quantitative estimate of drug-likeness (QED) is 0.850. The number of amides is 1. The van der Waals surface area contributed by atoms with E-state index in [1.165, 1.54) is 4.88 Å². The van der Waals surface area contributed by atoms with Crippen LogP contribution in [0.3, 0.4) is 0 Å². The van der Waals surface area contributed by atoms with Crippen LogP contribution in [0.15, 0.2) is 17.5 Å². The Morgan fingerprint density at radius 2 is 2.53 bits per heavy atom. The standard InChI is InChI=1S/C10H14N2OS.ClH/c13-10(9-4-1-5-11-9)12-7-8-3-2-6-14-8;/h2-3,6,9,11H,1,4-5,7H2,(H,12,13);1H. The highest BCUT2D eigenvalue weighted by Gasteiger charge is 2.21. The molecule has 5 heteroatoms. The van der Waals surface area contributed by atoms with E-state index in [9.17, 15) is 4.79 Å². The minimum absolute atomic E-state index is 0. The Kier molecular flexibility index (Phi) is 5.08. The highest BCUT2D eigenvalue weighted by Crippen LogP contribution is 2.09. The van der Waals surface area contributed by atoms with E-state index in [0.29, 0.717) is 6.54 Å². The van der Waals surface area contributed by atoms with Crippen molar-refractivity contribution in [1.82, 2.24) is 10.6 Å². The first-order chi connectivity index (χ1) is 6.86. The van der Waals surface area contributed by atoms with E-state index in [2.05, 4.69) is 10.6 Å². The molecule has 2 N–H and O–H groups in total. The smallest absolute Gasteiger partial charge is 0.237 e. The van der Waals surface area contributed by atoms with Crippen molar-refractivity contribution in [3.63, 3.8) is 0 Å². The largest absolute Gasteiger partial charge is 0.350 e. The second kappa shape index (κ2) is 6.10. The number of carbonyl (C=O) groups is 1. The first-order valence-corrected chi connectivity index (χ1v) is 5.78. The minimum Gasteiger partial charge on any atom is -0.350 e. The summed E-state index contributed by atoms with van der Waals surface area (Å²) >= 11 is 1.67. The van der Waals surface area contributed by atoms with Gasteiger partial charge in [0.15, 0.2) is 0 Å². The molecule has 1 saturated heterocycles. The van der Waals surface area contributed by atoms with Gasteiger partial charge in [0.2, 0.25) is 5.91 Å². The van der Waals surface area contributed by atoms with Gasteiger partial charge in [-0.15, -0.1) is 23.7 Å². The van der Waals surface area contributed by atoms with Gasteiger partial charge in [0, 0.05) is 4.88 Å². The third-order valence-corrected chi connectivity index (χ3v) is 3.27. The van der Waals surface area contributed by atoms with Crippen LogP contribution in [-0.2, 0) is 11.3 Å². The highest BCUT2D eigenvalue weighted by molar-refractivity contribution is 7.09. The second-order valence-corrected chi connectivity index (χ2v) is 4.48. The zero-order valence-corrected chi connectivity index (χ0v) is 10.00. The molecule has 0 spiro atoms. The lowest BCUT2D eigenvalue weighted by molar-refractivity contribution is -0.122. The Morgan fingerprint density at radius 1 is 1.67 bits per heavy atom. The van der Waals surface area contributed by atoms with Gasteiger partial charge in [-0.05, 0) is 30.8 Å². The SMILES string of the molecule is Cl.O=C(NCc1cccs1)C1CCCN1. The molecular weight excluding hydrogens is 232 g/mol. The molecule has 1 atom stereocenters. The van der Waals surface area contributed by atoms with Gasteiger partial charge < -0.3 is 10.6 Å². The lowest BCUT2D eigenvalue weighted by Crippen LogP contribution is -2.39. The van der Waals surface area contributed by atoms with Gasteiger partial charge in [0.25, 0.3) is 0 Å². The topological polar surface area (TPSA) is 41.1 Å². The Balaban J connectivity index is 0.00000112. The van der Waals surface area contributed by atoms with Crippen molar-refractivity contribution in [3.05, 3.63) is 22.4 Å². The zero-order chi connectivity index (χ0) is 9.80. The Morgan fingerprint density at radius 3 is 3.13 bits per heavy atom. The summed E-state index contributed by atoms with van der Waals surface area (Å²) < 4.78 is 0. The van der Waals surface area contributed by atoms with Crippen molar-refractivity contribution in [2.45, 2.75) is 25.4 Å². The summed E-state index contributed by atoms with van der Waals surface area (Å²) in [6, 6.07) is 4.07. The Hall–Kier alpha value is -0.580. The van der Waals surface area contributed by atoms with E-state index in [1.807, 2.05) is 17.5 Å². The van der Waals surface area contributed by atoms with Gasteiger partial charge in [-0.25, -0.2) is 0 Å². The number of hydrogen-bond donors (Lipinski definition) is 2. The summed E-state index contributed by atoms with van der Waals surface area (Å²) in [4.78, 5) is 12.8. The zero-order valence-electron chi connectivity index (χ0n) is 8.36. The van der Waals surface area contributed by atoms with Crippen LogP contribution < -0.4 is 10.6 Å². The Bertz CT molecular complexity index is 296. The van der Waals surface area contributed by atoms with E-state index < -0.39 is 0 Å².